The second kappa shape index (κ2) is 5.94. The Morgan fingerprint density at radius 1 is 1.08 bits per heavy atom. The van der Waals surface area contributed by atoms with E-state index in [2.05, 4.69) is 19.5 Å². The first-order valence-corrected chi connectivity index (χ1v) is 8.40. The van der Waals surface area contributed by atoms with Crippen molar-refractivity contribution in [2.24, 2.45) is 0 Å². The monoisotopic (exact) mass is 350 g/mol. The molecule has 0 bridgehead atoms. The first kappa shape index (κ1) is 15.7. The lowest BCUT2D eigenvalue weighted by molar-refractivity contribution is 0.0812. The molecule has 2 aromatic carbocycles. The molecule has 0 aliphatic heterocycles. The average Bonchev–Trinajstić information content (AvgIpc) is 3.03. The van der Waals surface area contributed by atoms with E-state index in [1.165, 1.54) is 0 Å². The molecule has 5 nitrogen and oxygen atoms in total. The van der Waals surface area contributed by atoms with E-state index in [9.17, 15) is 9.59 Å². The third kappa shape index (κ3) is 2.67. The third-order valence-corrected chi connectivity index (χ3v) is 4.55. The van der Waals surface area contributed by atoms with Crippen LogP contribution in [0.4, 0.5) is 5.69 Å². The quantitative estimate of drug-likeness (QED) is 0.580. The summed E-state index contributed by atoms with van der Waals surface area (Å²) in [5, 5.41) is 4.36. The summed E-state index contributed by atoms with van der Waals surface area (Å²) in [6.45, 7) is 2.34. The number of ketones is 2. The maximum atomic E-state index is 12.3. The van der Waals surface area contributed by atoms with Crippen molar-refractivity contribution in [2.45, 2.75) is 13.5 Å². The standard InChI is InChI=1S/C19H15N2O3P/c1-10-8-11(25)6-7-14(10)20-9-15-21-16-18(23)17(22)12-4-2-3-5-13(12)19(16)24-15/h2-8,20H,9,25H2,1H3. The predicted molar refractivity (Wildman–Crippen MR) is 98.4 cm³/mol. The Balaban J connectivity index is 1.66. The van der Waals surface area contributed by atoms with Crippen molar-refractivity contribution in [2.75, 3.05) is 5.32 Å². The van der Waals surface area contributed by atoms with Crippen molar-refractivity contribution < 1.29 is 14.0 Å². The SMILES string of the molecule is Cc1cc(P)ccc1NCc1nc2c(o1)-c1ccccc1C(=O)C2=O. The lowest BCUT2D eigenvalue weighted by Crippen LogP contribution is -2.20. The molecule has 1 aliphatic carbocycles. The van der Waals surface area contributed by atoms with Crippen molar-refractivity contribution in [1.29, 1.82) is 0 Å². The van der Waals surface area contributed by atoms with Gasteiger partial charge in [0.15, 0.2) is 11.5 Å². The number of carbonyl (C=O) groups excluding carboxylic acids is 2. The van der Waals surface area contributed by atoms with Gasteiger partial charge in [-0.1, -0.05) is 36.4 Å². The zero-order chi connectivity index (χ0) is 17.6. The summed E-state index contributed by atoms with van der Waals surface area (Å²) >= 11 is 0. The zero-order valence-electron chi connectivity index (χ0n) is 13.5. The second-order valence-corrected chi connectivity index (χ2v) is 6.58. The van der Waals surface area contributed by atoms with Crippen molar-refractivity contribution in [3.05, 3.63) is 65.2 Å². The number of aromatic nitrogens is 1. The molecule has 0 radical (unpaired) electrons. The molecule has 1 atom stereocenters. The Labute approximate surface area is 146 Å². The fourth-order valence-corrected chi connectivity index (χ4v) is 3.29. The van der Waals surface area contributed by atoms with E-state index >= 15 is 0 Å². The number of carbonyl (C=O) groups is 2. The molecule has 1 heterocycles. The number of nitrogens with zero attached hydrogens (tertiary/aromatic N) is 1. The Hall–Kier alpha value is -2.78. The van der Waals surface area contributed by atoms with Crippen LogP contribution >= 0.6 is 9.24 Å². The van der Waals surface area contributed by atoms with Crippen LogP contribution in [0.1, 0.15) is 32.3 Å². The third-order valence-electron chi connectivity index (χ3n) is 4.19. The topological polar surface area (TPSA) is 72.2 Å². The van der Waals surface area contributed by atoms with Crippen molar-refractivity contribution in [1.82, 2.24) is 4.98 Å². The largest absolute Gasteiger partial charge is 0.438 e. The van der Waals surface area contributed by atoms with Gasteiger partial charge < -0.3 is 9.73 Å². The maximum Gasteiger partial charge on any atom is 0.255 e. The van der Waals surface area contributed by atoms with Gasteiger partial charge in [-0.2, -0.15) is 0 Å². The Bertz CT molecular complexity index is 1020. The molecule has 25 heavy (non-hydrogen) atoms. The number of anilines is 1. The molecule has 3 aromatic rings. The van der Waals surface area contributed by atoms with E-state index in [0.29, 0.717) is 29.3 Å². The summed E-state index contributed by atoms with van der Waals surface area (Å²) in [6, 6.07) is 12.9. The minimum absolute atomic E-state index is 0.0949. The smallest absolute Gasteiger partial charge is 0.255 e. The highest BCUT2D eigenvalue weighted by atomic mass is 31.0. The van der Waals surface area contributed by atoms with E-state index in [0.717, 1.165) is 16.6 Å². The van der Waals surface area contributed by atoms with E-state index in [1.807, 2.05) is 25.1 Å². The number of aryl methyl sites for hydroxylation is 1. The van der Waals surface area contributed by atoms with Crippen LogP contribution < -0.4 is 10.6 Å². The molecule has 0 spiro atoms. The van der Waals surface area contributed by atoms with Crippen LogP contribution in [-0.4, -0.2) is 16.6 Å². The van der Waals surface area contributed by atoms with Gasteiger partial charge in [-0.3, -0.25) is 9.59 Å². The van der Waals surface area contributed by atoms with Crippen LogP contribution in [-0.2, 0) is 6.54 Å². The van der Waals surface area contributed by atoms with E-state index in [4.69, 9.17) is 4.42 Å². The Kier molecular flexibility index (Phi) is 3.74. The summed E-state index contributed by atoms with van der Waals surface area (Å²) in [4.78, 5) is 28.7. The van der Waals surface area contributed by atoms with E-state index < -0.39 is 11.6 Å². The number of fused-ring (bicyclic) bond motifs is 3. The summed E-state index contributed by atoms with van der Waals surface area (Å²) in [5.41, 5.74) is 3.13. The minimum atomic E-state index is -0.618. The fourth-order valence-electron chi connectivity index (χ4n) is 2.94. The molecule has 6 heteroatoms. The van der Waals surface area contributed by atoms with E-state index in [-0.39, 0.29) is 5.69 Å². The van der Waals surface area contributed by atoms with Crippen molar-refractivity contribution in [3.63, 3.8) is 0 Å². The highest BCUT2D eigenvalue weighted by molar-refractivity contribution is 7.27. The van der Waals surface area contributed by atoms with Gasteiger partial charge in [-0.25, -0.2) is 4.98 Å². The van der Waals surface area contributed by atoms with E-state index in [1.54, 1.807) is 24.3 Å². The van der Waals surface area contributed by atoms with Gasteiger partial charge in [0.1, 0.15) is 0 Å². The molecule has 1 N–H and O–H groups in total. The van der Waals surface area contributed by atoms with Crippen LogP contribution in [0.2, 0.25) is 0 Å². The lowest BCUT2D eigenvalue weighted by atomic mass is 9.91. The number of hydrogen-bond donors (Lipinski definition) is 1. The normalized spacial score (nSPS) is 12.7. The Morgan fingerprint density at radius 3 is 2.60 bits per heavy atom. The zero-order valence-corrected chi connectivity index (χ0v) is 14.7. The molecule has 0 saturated carbocycles. The highest BCUT2D eigenvalue weighted by Gasteiger charge is 2.35. The van der Waals surface area contributed by atoms with Gasteiger partial charge in [0, 0.05) is 16.8 Å². The molecule has 1 aliphatic rings. The van der Waals surface area contributed by atoms with Gasteiger partial charge >= 0.3 is 0 Å². The number of rotatable bonds is 3. The van der Waals surface area contributed by atoms with Crippen molar-refractivity contribution in [3.8, 4) is 11.3 Å². The van der Waals surface area contributed by atoms with Crippen LogP contribution in [0.3, 0.4) is 0 Å². The molecule has 0 fully saturated rings. The second-order valence-electron chi connectivity index (χ2n) is 5.92. The van der Waals surface area contributed by atoms with Gasteiger partial charge in [0.2, 0.25) is 11.7 Å². The number of oxazole rings is 1. The lowest BCUT2D eigenvalue weighted by Gasteiger charge is -2.10. The summed E-state index contributed by atoms with van der Waals surface area (Å²) in [7, 11) is 2.66. The fraction of sp³-hybridized carbons (Fsp3) is 0.105. The maximum absolute atomic E-state index is 12.3. The first-order chi connectivity index (χ1) is 12.0. The van der Waals surface area contributed by atoms with Crippen LogP contribution in [0, 0.1) is 6.92 Å². The van der Waals surface area contributed by atoms with Gasteiger partial charge in [-0.05, 0) is 23.9 Å². The van der Waals surface area contributed by atoms with Crippen molar-refractivity contribution >= 4 is 31.8 Å². The number of hydrogen-bond acceptors (Lipinski definition) is 5. The average molecular weight is 350 g/mol. The molecular weight excluding hydrogens is 335 g/mol. The molecule has 124 valence electrons. The number of benzene rings is 2. The van der Waals surface area contributed by atoms with Crippen LogP contribution in [0.15, 0.2) is 46.9 Å². The number of Topliss-reactive ketones (excluding diaryl/α,β-unsaturated/α-hetero) is 2. The van der Waals surface area contributed by atoms with Gasteiger partial charge in [0.25, 0.3) is 5.78 Å². The minimum Gasteiger partial charge on any atom is -0.438 e. The first-order valence-electron chi connectivity index (χ1n) is 7.82. The number of nitrogens with one attached hydrogen (secondary N) is 1. The molecule has 4 rings (SSSR count). The summed E-state index contributed by atoms with van der Waals surface area (Å²) in [6.07, 6.45) is 0. The molecule has 1 aromatic heterocycles. The summed E-state index contributed by atoms with van der Waals surface area (Å²) < 4.78 is 5.79. The van der Waals surface area contributed by atoms with Gasteiger partial charge in [0.05, 0.1) is 6.54 Å². The molecular formula is C19H15N2O3P. The van der Waals surface area contributed by atoms with Crippen LogP contribution in [0.25, 0.3) is 11.3 Å². The summed E-state index contributed by atoms with van der Waals surface area (Å²) in [5.74, 6) is -0.415. The molecule has 0 amide bonds. The molecule has 0 saturated heterocycles. The molecule has 1 unspecified atom stereocenters. The predicted octanol–water partition coefficient (Wildman–Crippen LogP) is 3.14. The highest BCUT2D eigenvalue weighted by Crippen LogP contribution is 2.34. The van der Waals surface area contributed by atoms with Gasteiger partial charge in [-0.15, -0.1) is 9.24 Å². The Morgan fingerprint density at radius 2 is 1.84 bits per heavy atom. The van der Waals surface area contributed by atoms with Crippen LogP contribution in [0.5, 0.6) is 0 Å².